The van der Waals surface area contributed by atoms with Crippen molar-refractivity contribution in [2.75, 3.05) is 6.54 Å². The summed E-state index contributed by atoms with van der Waals surface area (Å²) in [5, 5.41) is 29.7. The molecule has 0 saturated carbocycles. The number of nitrogens with one attached hydrogen (secondary N) is 3. The first kappa shape index (κ1) is 47.0. The van der Waals surface area contributed by atoms with Crippen molar-refractivity contribution in [2.24, 2.45) is 40.9 Å². The molecule has 1 saturated heterocycles. The number of aliphatic carboxylic acids is 1. The van der Waals surface area contributed by atoms with Gasteiger partial charge in [0, 0.05) is 48.7 Å². The lowest BCUT2D eigenvalue weighted by Gasteiger charge is -2.29. The first-order chi connectivity index (χ1) is 26.9. The molecule has 2 amide bonds. The number of hydrogen-bond acceptors (Lipinski definition) is 12. The number of carbonyl (C=O) groups excluding carboxylic acids is 5. The number of hydrogen-bond donors (Lipinski definition) is 8. The predicted molar refractivity (Wildman–Crippen MR) is 216 cm³/mol. The van der Waals surface area contributed by atoms with E-state index >= 15 is 0 Å². The first-order valence-corrected chi connectivity index (χ1v) is 20.0. The van der Waals surface area contributed by atoms with Crippen molar-refractivity contribution in [3.05, 3.63) is 64.5 Å². The van der Waals surface area contributed by atoms with Gasteiger partial charge in [-0.1, -0.05) is 78.3 Å². The second kappa shape index (κ2) is 21.9. The summed E-state index contributed by atoms with van der Waals surface area (Å²) in [5.41, 5.74) is 18.7. The molecule has 3 rings (SSSR count). The number of nitrogens with zero attached hydrogens (tertiary/aromatic N) is 1. The molecule has 11 N–H and O–H groups in total. The molecule has 314 valence electrons. The lowest BCUT2D eigenvalue weighted by atomic mass is 9.77. The van der Waals surface area contributed by atoms with Crippen LogP contribution < -0.4 is 33.2 Å². The summed E-state index contributed by atoms with van der Waals surface area (Å²) in [7, 11) is 0. The molecule has 0 aliphatic carbocycles. The molecule has 57 heavy (non-hydrogen) atoms. The number of aliphatic hydroxyl groups is 1. The second-order valence-electron chi connectivity index (χ2n) is 16.1. The van der Waals surface area contributed by atoms with Gasteiger partial charge in [0.15, 0.2) is 17.3 Å². The highest BCUT2D eigenvalue weighted by atomic mass is 16.4. The average Bonchev–Trinajstić information content (AvgIpc) is 3.73. The molecule has 1 aliphatic heterocycles. The Morgan fingerprint density at radius 1 is 0.930 bits per heavy atom. The van der Waals surface area contributed by atoms with Crippen molar-refractivity contribution in [1.82, 2.24) is 20.9 Å². The Morgan fingerprint density at radius 3 is 2.14 bits per heavy atom. The zero-order valence-electron chi connectivity index (χ0n) is 34.1. The Balaban J connectivity index is 2.09. The van der Waals surface area contributed by atoms with Gasteiger partial charge in [0.25, 0.3) is 0 Å². The van der Waals surface area contributed by atoms with E-state index in [4.69, 9.17) is 17.2 Å². The molecule has 0 spiro atoms. The summed E-state index contributed by atoms with van der Waals surface area (Å²) in [6, 6.07) is 3.62. The molecule has 2 heterocycles. The Labute approximate surface area is 335 Å². The molecule has 1 aromatic heterocycles. The van der Waals surface area contributed by atoms with Crippen molar-refractivity contribution >= 4 is 35.1 Å². The van der Waals surface area contributed by atoms with E-state index in [1.807, 2.05) is 20.8 Å². The van der Waals surface area contributed by atoms with Crippen LogP contribution >= 0.6 is 0 Å². The van der Waals surface area contributed by atoms with Crippen molar-refractivity contribution in [1.29, 1.82) is 0 Å². The topological polar surface area (TPSA) is 270 Å². The molecule has 0 radical (unpaired) electrons. The van der Waals surface area contributed by atoms with Crippen LogP contribution in [-0.4, -0.2) is 93.2 Å². The highest BCUT2D eigenvalue weighted by Crippen LogP contribution is 2.31. The Hall–Kier alpha value is -4.41. The monoisotopic (exact) mass is 793 g/mol. The molecule has 1 aliphatic rings. The van der Waals surface area contributed by atoms with Gasteiger partial charge in [-0.05, 0) is 55.5 Å². The number of aliphatic hydroxyl groups excluding tert-OH is 1. The van der Waals surface area contributed by atoms with Crippen LogP contribution in [0.5, 0.6) is 0 Å². The Morgan fingerprint density at radius 2 is 1.60 bits per heavy atom. The maximum Gasteiger partial charge on any atom is 0.326 e. The summed E-state index contributed by atoms with van der Waals surface area (Å²) in [6.45, 7) is 11.4. The van der Waals surface area contributed by atoms with Gasteiger partial charge in [0.05, 0.1) is 29.4 Å². The maximum atomic E-state index is 14.8. The summed E-state index contributed by atoms with van der Waals surface area (Å²) in [6.07, 6.45) is 1.49. The summed E-state index contributed by atoms with van der Waals surface area (Å²) >= 11 is 0. The van der Waals surface area contributed by atoms with Crippen molar-refractivity contribution in [2.45, 2.75) is 129 Å². The van der Waals surface area contributed by atoms with Crippen LogP contribution in [0.2, 0.25) is 0 Å². The number of nitrogens with two attached hydrogens (primary N) is 3. The summed E-state index contributed by atoms with van der Waals surface area (Å²) in [4.78, 5) is 87.3. The van der Waals surface area contributed by atoms with Gasteiger partial charge in [-0.25, -0.2) is 4.79 Å². The smallest absolute Gasteiger partial charge is 0.326 e. The van der Waals surface area contributed by atoms with E-state index in [2.05, 4.69) is 20.9 Å². The average molecular weight is 794 g/mol. The minimum Gasteiger partial charge on any atom is -0.480 e. The quantitative estimate of drug-likeness (QED) is 0.0752. The number of carboxylic acids is 1. The van der Waals surface area contributed by atoms with E-state index in [1.54, 1.807) is 51.1 Å². The summed E-state index contributed by atoms with van der Waals surface area (Å²) in [5.74, 6) is -6.49. The Bertz CT molecular complexity index is 1710. The first-order valence-electron chi connectivity index (χ1n) is 20.0. The third kappa shape index (κ3) is 12.8. The minimum absolute atomic E-state index is 0.0255. The van der Waals surface area contributed by atoms with Gasteiger partial charge in [0.1, 0.15) is 12.1 Å². The number of aromatic nitrogens is 1. The molecule has 0 bridgehead atoms. The van der Waals surface area contributed by atoms with E-state index in [9.17, 15) is 39.0 Å². The minimum atomic E-state index is -1.81. The van der Waals surface area contributed by atoms with Gasteiger partial charge in [-0.3, -0.25) is 29.0 Å². The number of benzene rings is 1. The molecule has 15 nitrogen and oxygen atoms in total. The number of rotatable bonds is 23. The second-order valence-corrected chi connectivity index (χ2v) is 16.1. The van der Waals surface area contributed by atoms with Crippen LogP contribution in [0.15, 0.2) is 36.5 Å². The Kier molecular flexibility index (Phi) is 18.1. The standard InChI is InChI=1S/C42H63N7O8/c1-7-24(6)37(45)39(53)36-32(20-43)47-21-27(35(36)38(52)26(23(4)5)18-34(51)28(44)16-22(2)3)33(50)19-31(42(56)57)49-41(55)30(17-25-12-9-8-10-13-25)48-40(54)29-14-11-15-46-29/h8-10,12-13,21-24,26,28-31,34,37,46,51H,7,11,14-20,43-45H2,1-6H3,(H,48,54)(H,49,55)(H,56,57)/t24-,26?,28-,29-,30-,31-,34-,37-/m0/s1. The molecule has 2 aromatic rings. The van der Waals surface area contributed by atoms with Gasteiger partial charge in [0.2, 0.25) is 11.8 Å². The van der Waals surface area contributed by atoms with E-state index in [1.165, 1.54) is 0 Å². The zero-order valence-corrected chi connectivity index (χ0v) is 34.1. The van der Waals surface area contributed by atoms with Gasteiger partial charge >= 0.3 is 5.97 Å². The van der Waals surface area contributed by atoms with Crippen LogP contribution in [0.3, 0.4) is 0 Å². The highest BCUT2D eigenvalue weighted by molar-refractivity contribution is 6.18. The van der Waals surface area contributed by atoms with Gasteiger partial charge < -0.3 is 43.4 Å². The number of ketones is 3. The maximum absolute atomic E-state index is 14.8. The van der Waals surface area contributed by atoms with Crippen LogP contribution in [0, 0.1) is 23.7 Å². The fourth-order valence-electron chi connectivity index (χ4n) is 7.13. The fraction of sp³-hybridized carbons (Fsp3) is 0.595. The van der Waals surface area contributed by atoms with Crippen molar-refractivity contribution in [3.63, 3.8) is 0 Å². The van der Waals surface area contributed by atoms with Gasteiger partial charge in [-0.2, -0.15) is 0 Å². The summed E-state index contributed by atoms with van der Waals surface area (Å²) < 4.78 is 0. The highest BCUT2D eigenvalue weighted by Gasteiger charge is 2.38. The molecule has 8 atom stereocenters. The van der Waals surface area contributed by atoms with E-state index in [-0.39, 0.29) is 53.6 Å². The van der Waals surface area contributed by atoms with E-state index in [0.29, 0.717) is 31.4 Å². The zero-order chi connectivity index (χ0) is 42.6. The molecule has 1 unspecified atom stereocenters. The number of amides is 2. The molecule has 1 fully saturated rings. The van der Waals surface area contributed by atoms with Crippen LogP contribution in [0.4, 0.5) is 0 Å². The molecule has 1 aromatic carbocycles. The molecular formula is C42H63N7O8. The molecule has 15 heteroatoms. The van der Waals surface area contributed by atoms with Crippen LogP contribution in [0.1, 0.15) is 122 Å². The fourth-order valence-corrected chi connectivity index (χ4v) is 7.13. The number of pyridine rings is 1. The third-order valence-electron chi connectivity index (χ3n) is 10.9. The van der Waals surface area contributed by atoms with Gasteiger partial charge in [-0.15, -0.1) is 0 Å². The SMILES string of the molecule is CC[C@H](C)[C@H](N)C(=O)c1c(CN)ncc(C(=O)C[C@H](NC(=O)[C@H](Cc2ccccc2)NC(=O)[C@@H]2CCCN2)C(=O)O)c1C(=O)C(C[C@H](O)[C@@H](N)CC(C)C)C(C)C. The largest absolute Gasteiger partial charge is 0.480 e. The van der Waals surface area contributed by atoms with Crippen molar-refractivity contribution in [3.8, 4) is 0 Å². The van der Waals surface area contributed by atoms with Crippen LogP contribution in [0.25, 0.3) is 0 Å². The van der Waals surface area contributed by atoms with E-state index in [0.717, 1.165) is 12.6 Å². The lowest BCUT2D eigenvalue weighted by Crippen LogP contribution is -2.55. The van der Waals surface area contributed by atoms with Crippen molar-refractivity contribution < 1.29 is 39.0 Å². The third-order valence-corrected chi connectivity index (χ3v) is 10.9. The van der Waals surface area contributed by atoms with E-state index < -0.39 is 89.7 Å². The number of carbonyl (C=O) groups is 6. The predicted octanol–water partition coefficient (Wildman–Crippen LogP) is 2.30. The molecular weight excluding hydrogens is 731 g/mol. The van der Waals surface area contributed by atoms with Crippen LogP contribution in [-0.2, 0) is 27.3 Å². The number of carboxylic acid groups (broad SMARTS) is 1. The lowest BCUT2D eigenvalue weighted by molar-refractivity contribution is -0.142. The normalized spacial score (nSPS) is 17.9. The number of Topliss-reactive ketones (excluding diaryl/α,β-unsaturated/α-hetero) is 3.